The minimum atomic E-state index is -1.21. The maximum Gasteiger partial charge on any atom is 0.329 e. The molecule has 1 saturated carbocycles. The van der Waals surface area contributed by atoms with Crippen LogP contribution in [0.2, 0.25) is 0 Å². The van der Waals surface area contributed by atoms with Gasteiger partial charge in [0.25, 0.3) is 5.95 Å². The highest BCUT2D eigenvalue weighted by atomic mass is 16.4. The Morgan fingerprint density at radius 3 is 2.55 bits per heavy atom. The fourth-order valence-electron chi connectivity index (χ4n) is 2.33. The van der Waals surface area contributed by atoms with Crippen LogP contribution in [0.25, 0.3) is 0 Å². The molecule has 1 aliphatic rings. The Morgan fingerprint density at radius 2 is 2.05 bits per heavy atom. The summed E-state index contributed by atoms with van der Waals surface area (Å²) in [4.78, 5) is 24.6. The summed E-state index contributed by atoms with van der Waals surface area (Å²) in [6.07, 6.45) is 2.39. The van der Waals surface area contributed by atoms with Gasteiger partial charge < -0.3 is 10.4 Å². The van der Waals surface area contributed by atoms with Crippen LogP contribution in [0.5, 0.6) is 0 Å². The van der Waals surface area contributed by atoms with E-state index in [0.717, 1.165) is 12.8 Å². The van der Waals surface area contributed by atoms with Crippen LogP contribution in [0.1, 0.15) is 32.6 Å². The first-order valence-corrected chi connectivity index (χ1v) is 6.48. The van der Waals surface area contributed by atoms with Gasteiger partial charge in [-0.3, -0.25) is 5.32 Å². The summed E-state index contributed by atoms with van der Waals surface area (Å²) in [6, 6.07) is -0.630. The van der Waals surface area contributed by atoms with Gasteiger partial charge in [0.05, 0.1) is 7.05 Å². The Morgan fingerprint density at radius 1 is 1.40 bits per heavy atom. The van der Waals surface area contributed by atoms with Crippen LogP contribution in [0.4, 0.5) is 10.7 Å². The molecule has 2 amide bonds. The molecule has 0 radical (unpaired) electrons. The molecule has 0 saturated heterocycles. The number of aryl methyl sites for hydroxylation is 1. The van der Waals surface area contributed by atoms with Crippen molar-refractivity contribution in [1.29, 1.82) is 0 Å². The van der Waals surface area contributed by atoms with Gasteiger partial charge in [0.2, 0.25) is 0 Å². The molecule has 1 fully saturated rings. The molecule has 9 heteroatoms. The summed E-state index contributed by atoms with van der Waals surface area (Å²) in [7, 11) is 1.57. The minimum absolute atomic E-state index is 0.0368. The van der Waals surface area contributed by atoms with Crippen LogP contribution in [-0.2, 0) is 11.8 Å². The lowest BCUT2D eigenvalue weighted by atomic mass is 9.77. The van der Waals surface area contributed by atoms with Crippen LogP contribution in [0.15, 0.2) is 0 Å². The lowest BCUT2D eigenvalue weighted by Crippen LogP contribution is -2.57. The SMILES string of the molecule is CC1CCC(NC(=O)Nc2nnn(C)n2)(C(=O)O)CC1. The van der Waals surface area contributed by atoms with Gasteiger partial charge in [0.1, 0.15) is 5.54 Å². The number of nitrogens with zero attached hydrogens (tertiary/aromatic N) is 4. The normalized spacial score (nSPS) is 26.0. The van der Waals surface area contributed by atoms with Crippen molar-refractivity contribution in [2.45, 2.75) is 38.1 Å². The van der Waals surface area contributed by atoms with E-state index in [-0.39, 0.29) is 5.95 Å². The zero-order chi connectivity index (χ0) is 14.8. The van der Waals surface area contributed by atoms with E-state index in [4.69, 9.17) is 0 Å². The van der Waals surface area contributed by atoms with Crippen molar-refractivity contribution in [3.05, 3.63) is 0 Å². The molecule has 2 rings (SSSR count). The molecule has 0 aliphatic heterocycles. The zero-order valence-electron chi connectivity index (χ0n) is 11.5. The van der Waals surface area contributed by atoms with Gasteiger partial charge in [-0.1, -0.05) is 12.0 Å². The summed E-state index contributed by atoms with van der Waals surface area (Å²) < 4.78 is 0. The molecule has 0 spiro atoms. The van der Waals surface area contributed by atoms with Gasteiger partial charge in [0.15, 0.2) is 0 Å². The van der Waals surface area contributed by atoms with Gasteiger partial charge >= 0.3 is 12.0 Å². The number of amides is 2. The number of aromatic nitrogens is 4. The smallest absolute Gasteiger partial charge is 0.329 e. The van der Waals surface area contributed by atoms with E-state index in [9.17, 15) is 14.7 Å². The first kappa shape index (κ1) is 14.2. The Balaban J connectivity index is 2.01. The van der Waals surface area contributed by atoms with Crippen LogP contribution in [0.3, 0.4) is 0 Å². The van der Waals surface area contributed by atoms with Crippen LogP contribution < -0.4 is 10.6 Å². The number of nitrogens with one attached hydrogen (secondary N) is 2. The predicted octanol–water partition coefficient (Wildman–Crippen LogP) is 0.365. The van der Waals surface area contributed by atoms with Gasteiger partial charge in [-0.25, -0.2) is 9.59 Å². The second-order valence-corrected chi connectivity index (χ2v) is 5.25. The van der Waals surface area contributed by atoms with Crippen molar-refractivity contribution in [2.75, 3.05) is 5.32 Å². The fraction of sp³-hybridized carbons (Fsp3) is 0.727. The summed E-state index contributed by atoms with van der Waals surface area (Å²) in [6.45, 7) is 2.08. The zero-order valence-corrected chi connectivity index (χ0v) is 11.5. The Bertz CT molecular complexity index is 506. The molecule has 9 nitrogen and oxygen atoms in total. The predicted molar refractivity (Wildman–Crippen MR) is 69.0 cm³/mol. The molecular formula is C11H18N6O3. The van der Waals surface area contributed by atoms with Crippen molar-refractivity contribution >= 4 is 17.9 Å². The maximum atomic E-state index is 11.9. The first-order chi connectivity index (χ1) is 9.41. The molecule has 1 heterocycles. The summed E-state index contributed by atoms with van der Waals surface area (Å²) in [5.74, 6) is -0.490. The summed E-state index contributed by atoms with van der Waals surface area (Å²) >= 11 is 0. The number of carboxylic acid groups (broad SMARTS) is 1. The largest absolute Gasteiger partial charge is 0.480 e. The lowest BCUT2D eigenvalue weighted by Gasteiger charge is -2.36. The number of anilines is 1. The van der Waals surface area contributed by atoms with Gasteiger partial charge in [-0.2, -0.15) is 4.80 Å². The Labute approximate surface area is 115 Å². The lowest BCUT2D eigenvalue weighted by molar-refractivity contribution is -0.146. The fourth-order valence-corrected chi connectivity index (χ4v) is 2.33. The van der Waals surface area contributed by atoms with Crippen LogP contribution >= 0.6 is 0 Å². The number of tetrazole rings is 1. The number of rotatable bonds is 3. The molecule has 1 aliphatic carbocycles. The van der Waals surface area contributed by atoms with E-state index in [0.29, 0.717) is 18.8 Å². The Kier molecular flexibility index (Phi) is 3.86. The van der Waals surface area contributed by atoms with E-state index in [1.807, 2.05) is 0 Å². The van der Waals surface area contributed by atoms with Gasteiger partial charge in [0, 0.05) is 0 Å². The number of hydrogen-bond acceptors (Lipinski definition) is 5. The average molecular weight is 282 g/mol. The highest BCUT2D eigenvalue weighted by Crippen LogP contribution is 2.32. The molecular weight excluding hydrogens is 264 g/mol. The number of carbonyl (C=O) groups is 2. The monoisotopic (exact) mass is 282 g/mol. The molecule has 1 aromatic heterocycles. The van der Waals surface area contributed by atoms with Gasteiger partial charge in [-0.05, 0) is 36.8 Å². The standard InChI is InChI=1S/C11H18N6O3/c1-7-3-5-11(6-4-7,8(18)19)13-10(20)12-9-14-16-17(2)15-9/h7H,3-6H2,1-2H3,(H,18,19)(H2,12,13,15,20). The molecule has 3 N–H and O–H groups in total. The van der Waals surface area contributed by atoms with Crippen molar-refractivity contribution < 1.29 is 14.7 Å². The number of hydrogen-bond donors (Lipinski definition) is 3. The molecule has 20 heavy (non-hydrogen) atoms. The third-order valence-electron chi connectivity index (χ3n) is 3.62. The second kappa shape index (κ2) is 5.43. The molecule has 0 unspecified atom stereocenters. The van der Waals surface area contributed by atoms with E-state index in [1.165, 1.54) is 4.80 Å². The van der Waals surface area contributed by atoms with Crippen molar-refractivity contribution in [2.24, 2.45) is 13.0 Å². The van der Waals surface area contributed by atoms with Crippen molar-refractivity contribution in [3.63, 3.8) is 0 Å². The van der Waals surface area contributed by atoms with Crippen molar-refractivity contribution in [3.8, 4) is 0 Å². The first-order valence-electron chi connectivity index (χ1n) is 6.48. The van der Waals surface area contributed by atoms with E-state index >= 15 is 0 Å². The van der Waals surface area contributed by atoms with Crippen molar-refractivity contribution in [1.82, 2.24) is 25.5 Å². The minimum Gasteiger partial charge on any atom is -0.480 e. The second-order valence-electron chi connectivity index (χ2n) is 5.25. The van der Waals surface area contributed by atoms with E-state index < -0.39 is 17.5 Å². The molecule has 1 aromatic rings. The topological polar surface area (TPSA) is 122 Å². The molecule has 0 atom stereocenters. The third-order valence-corrected chi connectivity index (χ3v) is 3.62. The van der Waals surface area contributed by atoms with E-state index in [2.05, 4.69) is 33.0 Å². The number of urea groups is 1. The maximum absolute atomic E-state index is 11.9. The molecule has 110 valence electrons. The summed E-state index contributed by atoms with van der Waals surface area (Å²) in [5, 5.41) is 25.3. The Hall–Kier alpha value is -2.19. The number of carboxylic acids is 1. The third kappa shape index (κ3) is 3.03. The highest BCUT2D eigenvalue weighted by molar-refractivity contribution is 5.92. The molecule has 0 aromatic carbocycles. The van der Waals surface area contributed by atoms with Gasteiger partial charge in [-0.15, -0.1) is 5.10 Å². The van der Waals surface area contributed by atoms with Crippen LogP contribution in [0, 0.1) is 5.92 Å². The van der Waals surface area contributed by atoms with E-state index in [1.54, 1.807) is 7.05 Å². The summed E-state index contributed by atoms with van der Waals surface area (Å²) in [5.41, 5.74) is -1.21. The average Bonchev–Trinajstić information content (AvgIpc) is 2.77. The number of aliphatic carboxylic acids is 1. The quantitative estimate of drug-likeness (QED) is 0.736. The number of carbonyl (C=O) groups excluding carboxylic acids is 1. The highest BCUT2D eigenvalue weighted by Gasteiger charge is 2.42. The molecule has 0 bridgehead atoms. The van der Waals surface area contributed by atoms with Crippen LogP contribution in [-0.4, -0.2) is 42.9 Å².